The first kappa shape index (κ1) is 21.2. The van der Waals surface area contributed by atoms with Crippen molar-refractivity contribution in [3.05, 3.63) is 97.3 Å². The summed E-state index contributed by atoms with van der Waals surface area (Å²) in [5, 5.41) is 2.08. The zero-order valence-electron chi connectivity index (χ0n) is 16.7. The van der Waals surface area contributed by atoms with Crippen molar-refractivity contribution in [3.8, 4) is 0 Å². The summed E-state index contributed by atoms with van der Waals surface area (Å²) in [6.07, 6.45) is 0.575. The fourth-order valence-electron chi connectivity index (χ4n) is 3.50. The van der Waals surface area contributed by atoms with Crippen LogP contribution in [0.25, 0.3) is 10.9 Å². The first-order chi connectivity index (χ1) is 14.8. The Labute approximate surface area is 183 Å². The summed E-state index contributed by atoms with van der Waals surface area (Å²) in [6.45, 7) is 2.08. The molecule has 0 saturated carbocycles. The highest BCUT2D eigenvalue weighted by Crippen LogP contribution is 2.25. The summed E-state index contributed by atoms with van der Waals surface area (Å²) in [5.41, 5.74) is -0.110. The van der Waals surface area contributed by atoms with E-state index in [4.69, 9.17) is 0 Å². The lowest BCUT2D eigenvalue weighted by molar-refractivity contribution is 0.329. The standard InChI is InChI=1S/C22H21N3O4S2/c1-15(12-17-8-5-11-30-17)25(14-16-6-3-2-4-7-16)31(28,29)18-9-10-20-19(13-18)21(26)24-22(27)23-20/h2-11,13,15H,12,14H2,1H3,(H2,23,24,26,27)/t15-/m1/s1. The van der Waals surface area contributed by atoms with Crippen LogP contribution in [0.2, 0.25) is 0 Å². The molecule has 0 aliphatic carbocycles. The molecule has 4 aromatic rings. The Hall–Kier alpha value is -3.01. The van der Waals surface area contributed by atoms with E-state index >= 15 is 0 Å². The molecule has 7 nitrogen and oxygen atoms in total. The average molecular weight is 456 g/mol. The highest BCUT2D eigenvalue weighted by Gasteiger charge is 2.30. The van der Waals surface area contributed by atoms with Crippen LogP contribution in [0.5, 0.6) is 0 Å². The minimum absolute atomic E-state index is 0.00603. The molecule has 0 radical (unpaired) electrons. The van der Waals surface area contributed by atoms with Crippen LogP contribution in [0.1, 0.15) is 17.4 Å². The molecule has 0 fully saturated rings. The van der Waals surface area contributed by atoms with Crippen LogP contribution in [0, 0.1) is 0 Å². The van der Waals surface area contributed by atoms with E-state index in [0.717, 1.165) is 10.4 Å². The third kappa shape index (κ3) is 4.53. The van der Waals surface area contributed by atoms with E-state index in [2.05, 4.69) is 9.97 Å². The van der Waals surface area contributed by atoms with E-state index in [1.54, 1.807) is 11.3 Å². The molecular formula is C22H21N3O4S2. The number of hydrogen-bond donors (Lipinski definition) is 2. The summed E-state index contributed by atoms with van der Waals surface area (Å²) in [7, 11) is -3.93. The molecule has 9 heteroatoms. The van der Waals surface area contributed by atoms with Crippen molar-refractivity contribution < 1.29 is 8.42 Å². The Kier molecular flexibility index (Phi) is 5.90. The summed E-state index contributed by atoms with van der Waals surface area (Å²) >= 11 is 1.59. The molecule has 0 amide bonds. The third-order valence-electron chi connectivity index (χ3n) is 5.07. The van der Waals surface area contributed by atoms with Gasteiger partial charge in [0.2, 0.25) is 10.0 Å². The third-order valence-corrected chi connectivity index (χ3v) is 7.92. The Morgan fingerprint density at radius 2 is 1.77 bits per heavy atom. The number of nitrogens with one attached hydrogen (secondary N) is 2. The first-order valence-electron chi connectivity index (χ1n) is 9.69. The van der Waals surface area contributed by atoms with Gasteiger partial charge in [0.1, 0.15) is 0 Å². The fraction of sp³-hybridized carbons (Fsp3) is 0.182. The van der Waals surface area contributed by atoms with E-state index in [0.29, 0.717) is 6.42 Å². The SMILES string of the molecule is C[C@H](Cc1cccs1)N(Cc1ccccc1)S(=O)(=O)c1ccc2[nH]c(=O)[nH]c(=O)c2c1. The number of sulfonamides is 1. The second-order valence-electron chi connectivity index (χ2n) is 7.28. The van der Waals surface area contributed by atoms with E-state index in [1.807, 2.05) is 54.8 Å². The van der Waals surface area contributed by atoms with Crippen molar-refractivity contribution >= 4 is 32.3 Å². The second-order valence-corrected chi connectivity index (χ2v) is 10.2. The molecule has 4 rings (SSSR count). The van der Waals surface area contributed by atoms with Crippen LogP contribution < -0.4 is 11.2 Å². The molecule has 2 aromatic carbocycles. The Morgan fingerprint density at radius 1 is 1.00 bits per heavy atom. The number of hydrogen-bond acceptors (Lipinski definition) is 5. The molecule has 160 valence electrons. The minimum Gasteiger partial charge on any atom is -0.307 e. The van der Waals surface area contributed by atoms with Crippen molar-refractivity contribution in [2.24, 2.45) is 0 Å². The second kappa shape index (κ2) is 8.62. The maximum absolute atomic E-state index is 13.7. The average Bonchev–Trinajstić information content (AvgIpc) is 3.25. The molecule has 0 saturated heterocycles. The monoisotopic (exact) mass is 455 g/mol. The van der Waals surface area contributed by atoms with Crippen LogP contribution in [0.4, 0.5) is 0 Å². The molecular weight excluding hydrogens is 434 g/mol. The van der Waals surface area contributed by atoms with Gasteiger partial charge in [-0.15, -0.1) is 11.3 Å². The maximum Gasteiger partial charge on any atom is 0.326 e. The van der Waals surface area contributed by atoms with Crippen LogP contribution in [-0.4, -0.2) is 28.7 Å². The van der Waals surface area contributed by atoms with E-state index in [1.165, 1.54) is 22.5 Å². The summed E-state index contributed by atoms with van der Waals surface area (Å²) in [6, 6.07) is 17.2. The number of aromatic amines is 2. The van der Waals surface area contributed by atoms with Crippen LogP contribution in [0.3, 0.4) is 0 Å². The Morgan fingerprint density at radius 3 is 2.48 bits per heavy atom. The van der Waals surface area contributed by atoms with Gasteiger partial charge in [0.15, 0.2) is 0 Å². The van der Waals surface area contributed by atoms with Gasteiger partial charge in [0.25, 0.3) is 5.56 Å². The predicted molar refractivity (Wildman–Crippen MR) is 122 cm³/mol. The van der Waals surface area contributed by atoms with Gasteiger partial charge in [-0.05, 0) is 48.6 Å². The molecule has 0 bridgehead atoms. The topological polar surface area (TPSA) is 103 Å². The first-order valence-corrected chi connectivity index (χ1v) is 12.0. The Bertz CT molecular complexity index is 1410. The zero-order valence-corrected chi connectivity index (χ0v) is 18.4. The summed E-state index contributed by atoms with van der Waals surface area (Å²) < 4.78 is 28.8. The fourth-order valence-corrected chi connectivity index (χ4v) is 5.97. The van der Waals surface area contributed by atoms with Gasteiger partial charge >= 0.3 is 5.69 Å². The highest BCUT2D eigenvalue weighted by atomic mass is 32.2. The Balaban J connectivity index is 1.77. The van der Waals surface area contributed by atoms with E-state index < -0.39 is 21.3 Å². The molecule has 2 aromatic heterocycles. The maximum atomic E-state index is 13.7. The number of benzene rings is 2. The number of fused-ring (bicyclic) bond motifs is 1. The minimum atomic E-state index is -3.93. The molecule has 0 aliphatic rings. The van der Waals surface area contributed by atoms with Crippen molar-refractivity contribution in [1.82, 2.24) is 14.3 Å². The smallest absolute Gasteiger partial charge is 0.307 e. The van der Waals surface area contributed by atoms with E-state index in [9.17, 15) is 18.0 Å². The van der Waals surface area contributed by atoms with Crippen molar-refractivity contribution in [1.29, 1.82) is 0 Å². The quantitative estimate of drug-likeness (QED) is 0.447. The lowest BCUT2D eigenvalue weighted by Gasteiger charge is -2.28. The van der Waals surface area contributed by atoms with Gasteiger partial charge in [-0.25, -0.2) is 13.2 Å². The zero-order chi connectivity index (χ0) is 22.0. The van der Waals surface area contributed by atoms with Gasteiger partial charge in [-0.1, -0.05) is 36.4 Å². The van der Waals surface area contributed by atoms with Gasteiger partial charge in [0, 0.05) is 17.5 Å². The number of aromatic nitrogens is 2. The molecule has 0 spiro atoms. The number of thiophene rings is 1. The number of H-pyrrole nitrogens is 2. The lowest BCUT2D eigenvalue weighted by Crippen LogP contribution is -2.39. The van der Waals surface area contributed by atoms with Crippen molar-refractivity contribution in [3.63, 3.8) is 0 Å². The van der Waals surface area contributed by atoms with Crippen molar-refractivity contribution in [2.45, 2.75) is 30.8 Å². The summed E-state index contributed by atoms with van der Waals surface area (Å²) in [5.74, 6) is 0. The largest absolute Gasteiger partial charge is 0.326 e. The van der Waals surface area contributed by atoms with Gasteiger partial charge in [0.05, 0.1) is 15.8 Å². The van der Waals surface area contributed by atoms with Crippen LogP contribution >= 0.6 is 11.3 Å². The van der Waals surface area contributed by atoms with Crippen molar-refractivity contribution in [2.75, 3.05) is 0 Å². The molecule has 2 heterocycles. The highest BCUT2D eigenvalue weighted by molar-refractivity contribution is 7.89. The number of rotatable bonds is 7. The molecule has 0 unspecified atom stereocenters. The molecule has 0 aliphatic heterocycles. The predicted octanol–water partition coefficient (Wildman–Crippen LogP) is 3.10. The summed E-state index contributed by atoms with van der Waals surface area (Å²) in [4.78, 5) is 29.5. The van der Waals surface area contributed by atoms with Gasteiger partial charge < -0.3 is 4.98 Å². The van der Waals surface area contributed by atoms with Gasteiger partial charge in [-0.2, -0.15) is 4.31 Å². The number of nitrogens with zero attached hydrogens (tertiary/aromatic N) is 1. The van der Waals surface area contributed by atoms with Crippen LogP contribution in [-0.2, 0) is 23.0 Å². The molecule has 31 heavy (non-hydrogen) atoms. The lowest BCUT2D eigenvalue weighted by atomic mass is 10.1. The normalized spacial score (nSPS) is 13.0. The molecule has 1 atom stereocenters. The van der Waals surface area contributed by atoms with Crippen LogP contribution in [0.15, 0.2) is 80.5 Å². The van der Waals surface area contributed by atoms with E-state index in [-0.39, 0.29) is 28.4 Å². The van der Waals surface area contributed by atoms with Gasteiger partial charge in [-0.3, -0.25) is 9.78 Å². The molecule has 2 N–H and O–H groups in total.